The molecule has 0 amide bonds. The number of halogens is 2. The molecule has 96 valence electrons. The summed E-state index contributed by atoms with van der Waals surface area (Å²) in [7, 11) is 1.87. The van der Waals surface area contributed by atoms with Crippen molar-refractivity contribution in [1.29, 1.82) is 0 Å². The first-order chi connectivity index (χ1) is 8.70. The normalized spacial score (nSPS) is 12.6. The summed E-state index contributed by atoms with van der Waals surface area (Å²) in [5, 5.41) is 6.65. The Morgan fingerprint density at radius 3 is 2.89 bits per heavy atom. The number of nitrogens with one attached hydrogen (secondary N) is 1. The van der Waals surface area contributed by atoms with Gasteiger partial charge in [-0.15, -0.1) is 11.3 Å². The van der Waals surface area contributed by atoms with E-state index in [9.17, 15) is 4.39 Å². The lowest BCUT2D eigenvalue weighted by Gasteiger charge is -2.16. The summed E-state index contributed by atoms with van der Waals surface area (Å²) in [4.78, 5) is 4.24. The Morgan fingerprint density at radius 1 is 1.44 bits per heavy atom. The molecule has 1 heterocycles. The number of likely N-dealkylation sites (N-methyl/N-ethyl adjacent to an activating group) is 1. The second-order valence-electron chi connectivity index (χ2n) is 4.02. The molecule has 2 nitrogen and oxygen atoms in total. The molecule has 5 heteroatoms. The maximum atomic E-state index is 13.7. The van der Waals surface area contributed by atoms with E-state index in [4.69, 9.17) is 11.6 Å². The summed E-state index contributed by atoms with van der Waals surface area (Å²) in [6, 6.07) is 4.91. The first-order valence-corrected chi connectivity index (χ1v) is 6.95. The van der Waals surface area contributed by atoms with Crippen molar-refractivity contribution in [2.24, 2.45) is 0 Å². The van der Waals surface area contributed by atoms with Crippen molar-refractivity contribution in [3.8, 4) is 0 Å². The Kier molecular flexibility index (Phi) is 4.69. The van der Waals surface area contributed by atoms with Crippen molar-refractivity contribution in [2.45, 2.75) is 18.9 Å². The number of aromatic nitrogens is 1. The Bertz CT molecular complexity index is 481. The molecule has 0 saturated heterocycles. The zero-order valence-electron chi connectivity index (χ0n) is 9.99. The van der Waals surface area contributed by atoms with Crippen molar-refractivity contribution in [2.75, 3.05) is 7.05 Å². The lowest BCUT2D eigenvalue weighted by molar-refractivity contribution is 0.531. The maximum absolute atomic E-state index is 13.7. The molecule has 0 radical (unpaired) electrons. The van der Waals surface area contributed by atoms with Gasteiger partial charge in [0, 0.05) is 34.6 Å². The van der Waals surface area contributed by atoms with Gasteiger partial charge in [-0.25, -0.2) is 9.37 Å². The third-order valence-electron chi connectivity index (χ3n) is 2.82. The Labute approximate surface area is 115 Å². The van der Waals surface area contributed by atoms with Crippen LogP contribution in [0.4, 0.5) is 4.39 Å². The SMILES string of the molecule is CNC(Cc1nccs1)Cc1c(F)cccc1Cl. The summed E-state index contributed by atoms with van der Waals surface area (Å²) in [5.41, 5.74) is 0.565. The van der Waals surface area contributed by atoms with Gasteiger partial charge in [-0.05, 0) is 25.6 Å². The molecule has 1 aromatic carbocycles. The van der Waals surface area contributed by atoms with E-state index in [0.717, 1.165) is 11.4 Å². The van der Waals surface area contributed by atoms with Gasteiger partial charge in [0.25, 0.3) is 0 Å². The number of rotatable bonds is 5. The van der Waals surface area contributed by atoms with Gasteiger partial charge in [0.05, 0.1) is 5.01 Å². The molecule has 1 atom stereocenters. The molecule has 1 N–H and O–H groups in total. The van der Waals surface area contributed by atoms with Gasteiger partial charge in [-0.2, -0.15) is 0 Å². The third-order valence-corrected chi connectivity index (χ3v) is 3.98. The summed E-state index contributed by atoms with van der Waals surface area (Å²) >= 11 is 7.64. The average molecular weight is 285 g/mol. The van der Waals surface area contributed by atoms with Gasteiger partial charge < -0.3 is 5.32 Å². The first-order valence-electron chi connectivity index (χ1n) is 5.69. The van der Waals surface area contributed by atoms with Crippen LogP contribution in [0.15, 0.2) is 29.8 Å². The zero-order chi connectivity index (χ0) is 13.0. The number of nitrogens with zero attached hydrogens (tertiary/aromatic N) is 1. The smallest absolute Gasteiger partial charge is 0.127 e. The van der Waals surface area contributed by atoms with E-state index in [1.54, 1.807) is 29.7 Å². The van der Waals surface area contributed by atoms with Crippen LogP contribution in [0, 0.1) is 5.82 Å². The molecule has 2 rings (SSSR count). The van der Waals surface area contributed by atoms with Crippen LogP contribution in [0.3, 0.4) is 0 Å². The molecule has 0 aliphatic rings. The van der Waals surface area contributed by atoms with Crippen LogP contribution in [0.1, 0.15) is 10.6 Å². The van der Waals surface area contributed by atoms with Crippen LogP contribution in [0.25, 0.3) is 0 Å². The van der Waals surface area contributed by atoms with Gasteiger partial charge in [0.15, 0.2) is 0 Å². The molecule has 18 heavy (non-hydrogen) atoms. The van der Waals surface area contributed by atoms with Crippen molar-refractivity contribution in [1.82, 2.24) is 10.3 Å². The van der Waals surface area contributed by atoms with E-state index in [0.29, 0.717) is 17.0 Å². The fourth-order valence-electron chi connectivity index (χ4n) is 1.81. The van der Waals surface area contributed by atoms with Crippen molar-refractivity contribution in [3.05, 3.63) is 51.2 Å². The second-order valence-corrected chi connectivity index (χ2v) is 5.41. The van der Waals surface area contributed by atoms with Gasteiger partial charge in [-0.3, -0.25) is 0 Å². The molecular weight excluding hydrogens is 271 g/mol. The summed E-state index contributed by atoms with van der Waals surface area (Å²) in [6.07, 6.45) is 3.11. The second kappa shape index (κ2) is 6.27. The maximum Gasteiger partial charge on any atom is 0.127 e. The van der Waals surface area contributed by atoms with Crippen molar-refractivity contribution < 1.29 is 4.39 Å². The first kappa shape index (κ1) is 13.5. The number of benzene rings is 1. The van der Waals surface area contributed by atoms with Crippen LogP contribution in [-0.2, 0) is 12.8 Å². The highest BCUT2D eigenvalue weighted by atomic mass is 35.5. The van der Waals surface area contributed by atoms with Crippen LogP contribution in [0.5, 0.6) is 0 Å². The zero-order valence-corrected chi connectivity index (χ0v) is 11.6. The van der Waals surface area contributed by atoms with E-state index in [1.807, 2.05) is 12.4 Å². The number of hydrogen-bond donors (Lipinski definition) is 1. The largest absolute Gasteiger partial charge is 0.316 e. The highest BCUT2D eigenvalue weighted by Crippen LogP contribution is 2.21. The Morgan fingerprint density at radius 2 is 2.28 bits per heavy atom. The van der Waals surface area contributed by atoms with E-state index in [1.165, 1.54) is 6.07 Å². The highest BCUT2D eigenvalue weighted by molar-refractivity contribution is 7.09. The Hall–Kier alpha value is -0.970. The van der Waals surface area contributed by atoms with Crippen LogP contribution in [0.2, 0.25) is 5.02 Å². The molecule has 0 spiro atoms. The molecule has 0 aliphatic carbocycles. The van der Waals surface area contributed by atoms with Crippen LogP contribution in [-0.4, -0.2) is 18.1 Å². The summed E-state index contributed by atoms with van der Waals surface area (Å²) in [6.45, 7) is 0. The number of thiazole rings is 1. The summed E-state index contributed by atoms with van der Waals surface area (Å²) in [5.74, 6) is -0.248. The van der Waals surface area contributed by atoms with Gasteiger partial charge >= 0.3 is 0 Å². The molecule has 0 bridgehead atoms. The monoisotopic (exact) mass is 284 g/mol. The number of hydrogen-bond acceptors (Lipinski definition) is 3. The molecule has 0 saturated carbocycles. The van der Waals surface area contributed by atoms with Gasteiger partial charge in [-0.1, -0.05) is 17.7 Å². The Balaban J connectivity index is 2.10. The van der Waals surface area contributed by atoms with E-state index >= 15 is 0 Å². The molecule has 0 aliphatic heterocycles. The predicted molar refractivity (Wildman–Crippen MR) is 73.8 cm³/mol. The molecule has 0 fully saturated rings. The fourth-order valence-corrected chi connectivity index (χ4v) is 2.75. The molecule has 1 aromatic heterocycles. The molecule has 1 unspecified atom stereocenters. The lowest BCUT2D eigenvalue weighted by Crippen LogP contribution is -2.30. The summed E-state index contributed by atoms with van der Waals surface area (Å²) < 4.78 is 13.7. The van der Waals surface area contributed by atoms with E-state index < -0.39 is 0 Å². The van der Waals surface area contributed by atoms with Crippen LogP contribution < -0.4 is 5.32 Å². The van der Waals surface area contributed by atoms with E-state index in [2.05, 4.69) is 10.3 Å². The van der Waals surface area contributed by atoms with Crippen molar-refractivity contribution in [3.63, 3.8) is 0 Å². The fraction of sp³-hybridized carbons (Fsp3) is 0.308. The molecule has 2 aromatic rings. The van der Waals surface area contributed by atoms with Gasteiger partial charge in [0.2, 0.25) is 0 Å². The van der Waals surface area contributed by atoms with Crippen LogP contribution >= 0.6 is 22.9 Å². The lowest BCUT2D eigenvalue weighted by atomic mass is 10.0. The minimum Gasteiger partial charge on any atom is -0.316 e. The topological polar surface area (TPSA) is 24.9 Å². The molecular formula is C13H14ClFN2S. The quantitative estimate of drug-likeness (QED) is 0.911. The van der Waals surface area contributed by atoms with E-state index in [-0.39, 0.29) is 11.9 Å². The highest BCUT2D eigenvalue weighted by Gasteiger charge is 2.15. The minimum atomic E-state index is -0.248. The van der Waals surface area contributed by atoms with Gasteiger partial charge in [0.1, 0.15) is 5.82 Å². The third kappa shape index (κ3) is 3.28. The minimum absolute atomic E-state index is 0.130. The predicted octanol–water partition coefficient (Wildman–Crippen LogP) is 3.31. The standard InChI is InChI=1S/C13H14ClFN2S/c1-16-9(8-13-17-5-6-18-13)7-10-11(14)3-2-4-12(10)15/h2-6,9,16H,7-8H2,1H3. The average Bonchev–Trinajstić information content (AvgIpc) is 2.85. The van der Waals surface area contributed by atoms with Crippen molar-refractivity contribution >= 4 is 22.9 Å².